The topological polar surface area (TPSA) is 66.9 Å². The van der Waals surface area contributed by atoms with Gasteiger partial charge in [0.1, 0.15) is 5.82 Å². The van der Waals surface area contributed by atoms with Gasteiger partial charge in [0, 0.05) is 31.0 Å². The van der Waals surface area contributed by atoms with Crippen molar-refractivity contribution in [1.29, 1.82) is 0 Å². The molecule has 0 fully saturated rings. The zero-order chi connectivity index (χ0) is 16.5. The van der Waals surface area contributed by atoms with Gasteiger partial charge >= 0.3 is 0 Å². The minimum atomic E-state index is -0.337. The molecule has 2 N–H and O–H groups in total. The number of amides is 1. The molecule has 122 valence electrons. The lowest BCUT2D eigenvalue weighted by Gasteiger charge is -2.07. The normalized spacial score (nSPS) is 10.3. The van der Waals surface area contributed by atoms with Crippen LogP contribution in [-0.4, -0.2) is 22.4 Å². The van der Waals surface area contributed by atoms with E-state index in [0.29, 0.717) is 17.1 Å². The maximum atomic E-state index is 13.5. The van der Waals surface area contributed by atoms with Crippen molar-refractivity contribution < 1.29 is 9.18 Å². The minimum Gasteiger partial charge on any atom is -0.354 e. The fourth-order valence-electron chi connectivity index (χ4n) is 2.03. The van der Waals surface area contributed by atoms with Crippen molar-refractivity contribution in [2.24, 2.45) is 0 Å². The second-order valence-corrected chi connectivity index (χ2v) is 5.20. The number of carbonyl (C=O) groups excluding carboxylic acids is 1. The summed E-state index contributed by atoms with van der Waals surface area (Å²) in [6.45, 7) is 3.08. The Bertz CT molecular complexity index is 631. The number of anilines is 1. The van der Waals surface area contributed by atoms with Gasteiger partial charge in [-0.05, 0) is 12.5 Å². The molecule has 1 heterocycles. The Morgan fingerprint density at radius 3 is 2.61 bits per heavy atom. The van der Waals surface area contributed by atoms with E-state index in [1.54, 1.807) is 18.2 Å². The summed E-state index contributed by atoms with van der Waals surface area (Å²) in [7, 11) is 0. The zero-order valence-corrected chi connectivity index (χ0v) is 13.2. The van der Waals surface area contributed by atoms with Crippen molar-refractivity contribution in [3.8, 4) is 0 Å². The van der Waals surface area contributed by atoms with Gasteiger partial charge in [0.25, 0.3) is 5.91 Å². The highest BCUT2D eigenvalue weighted by Crippen LogP contribution is 2.07. The van der Waals surface area contributed by atoms with Gasteiger partial charge in [0.05, 0.1) is 5.56 Å². The molecule has 5 nitrogen and oxygen atoms in total. The number of halogens is 1. The maximum Gasteiger partial charge on any atom is 0.254 e. The van der Waals surface area contributed by atoms with Crippen LogP contribution in [0.3, 0.4) is 0 Å². The molecule has 0 unspecified atom stereocenters. The third kappa shape index (κ3) is 5.32. The fraction of sp³-hybridized carbons (Fsp3) is 0.353. The summed E-state index contributed by atoms with van der Waals surface area (Å²) in [6.07, 6.45) is 6.30. The zero-order valence-electron chi connectivity index (χ0n) is 13.2. The maximum absolute atomic E-state index is 13.5. The van der Waals surface area contributed by atoms with Crippen LogP contribution in [0.5, 0.6) is 0 Å². The van der Waals surface area contributed by atoms with E-state index in [1.165, 1.54) is 18.5 Å². The number of hydrogen-bond donors (Lipinski definition) is 2. The van der Waals surface area contributed by atoms with E-state index < -0.39 is 0 Å². The van der Waals surface area contributed by atoms with Gasteiger partial charge in [0.2, 0.25) is 5.95 Å². The Morgan fingerprint density at radius 1 is 1.17 bits per heavy atom. The first-order valence-corrected chi connectivity index (χ1v) is 7.78. The lowest BCUT2D eigenvalue weighted by molar-refractivity contribution is 0.0950. The number of benzene rings is 1. The van der Waals surface area contributed by atoms with Gasteiger partial charge in [-0.15, -0.1) is 0 Å². The number of unbranched alkanes of at least 4 members (excludes halogenated alkanes) is 2. The molecule has 0 bridgehead atoms. The van der Waals surface area contributed by atoms with Crippen molar-refractivity contribution in [3.63, 3.8) is 0 Å². The van der Waals surface area contributed by atoms with E-state index in [0.717, 1.165) is 25.8 Å². The number of carbonyl (C=O) groups is 1. The summed E-state index contributed by atoms with van der Waals surface area (Å²) in [5.41, 5.74) is 0.788. The monoisotopic (exact) mass is 316 g/mol. The SMILES string of the molecule is CCCCCNc1ncc(C(=O)NCc2ccccc2F)cn1. The number of rotatable bonds is 8. The first kappa shape index (κ1) is 16.9. The number of aromatic nitrogens is 2. The molecular formula is C17H21FN4O. The van der Waals surface area contributed by atoms with Gasteiger partial charge < -0.3 is 10.6 Å². The van der Waals surface area contributed by atoms with Crippen molar-refractivity contribution >= 4 is 11.9 Å². The van der Waals surface area contributed by atoms with E-state index in [9.17, 15) is 9.18 Å². The Labute approximate surface area is 135 Å². The Balaban J connectivity index is 1.84. The Hall–Kier alpha value is -2.50. The van der Waals surface area contributed by atoms with Crippen LogP contribution in [0.4, 0.5) is 10.3 Å². The molecule has 0 saturated heterocycles. The molecule has 0 aliphatic rings. The second-order valence-electron chi connectivity index (χ2n) is 5.20. The minimum absolute atomic E-state index is 0.128. The molecular weight excluding hydrogens is 295 g/mol. The lowest BCUT2D eigenvalue weighted by Crippen LogP contribution is -2.23. The Kier molecular flexibility index (Phi) is 6.47. The average Bonchev–Trinajstić information content (AvgIpc) is 2.58. The average molecular weight is 316 g/mol. The summed E-state index contributed by atoms with van der Waals surface area (Å²) in [5.74, 6) is -0.159. The molecule has 0 atom stereocenters. The molecule has 0 radical (unpaired) electrons. The first-order chi connectivity index (χ1) is 11.2. The van der Waals surface area contributed by atoms with Gasteiger partial charge in [-0.3, -0.25) is 4.79 Å². The standard InChI is InChI=1S/C17H21FN4O/c1-2-3-6-9-19-17-21-11-14(12-22-17)16(23)20-10-13-7-4-5-8-15(13)18/h4-5,7-8,11-12H,2-3,6,9-10H2,1H3,(H,20,23)(H,19,21,22). The van der Waals surface area contributed by atoms with Gasteiger partial charge in [-0.1, -0.05) is 38.0 Å². The predicted octanol–water partition coefficient (Wildman–Crippen LogP) is 3.15. The van der Waals surface area contributed by atoms with Crippen LogP contribution in [0.15, 0.2) is 36.7 Å². The molecule has 23 heavy (non-hydrogen) atoms. The quantitative estimate of drug-likeness (QED) is 0.734. The molecule has 1 amide bonds. The highest BCUT2D eigenvalue weighted by molar-refractivity contribution is 5.93. The first-order valence-electron chi connectivity index (χ1n) is 7.78. The summed E-state index contributed by atoms with van der Waals surface area (Å²) >= 11 is 0. The second kappa shape index (κ2) is 8.82. The molecule has 2 rings (SSSR count). The van der Waals surface area contributed by atoms with Crippen LogP contribution in [0.2, 0.25) is 0 Å². The van der Waals surface area contributed by atoms with Crippen LogP contribution in [0.1, 0.15) is 42.1 Å². The number of nitrogens with one attached hydrogen (secondary N) is 2. The van der Waals surface area contributed by atoms with Crippen LogP contribution >= 0.6 is 0 Å². The van der Waals surface area contributed by atoms with Gasteiger partial charge in [-0.2, -0.15) is 0 Å². The van der Waals surface area contributed by atoms with E-state index in [2.05, 4.69) is 27.5 Å². The molecule has 0 aliphatic carbocycles. The molecule has 0 saturated carbocycles. The van der Waals surface area contributed by atoms with Crippen LogP contribution in [0, 0.1) is 5.82 Å². The third-order valence-corrected chi connectivity index (χ3v) is 3.37. The summed E-state index contributed by atoms with van der Waals surface area (Å²) in [6, 6.07) is 6.34. The third-order valence-electron chi connectivity index (χ3n) is 3.37. The molecule has 2 aromatic rings. The van der Waals surface area contributed by atoms with Crippen LogP contribution < -0.4 is 10.6 Å². The molecule has 1 aromatic carbocycles. The predicted molar refractivity (Wildman–Crippen MR) is 87.6 cm³/mol. The molecule has 0 spiro atoms. The van der Waals surface area contributed by atoms with E-state index in [1.807, 2.05) is 0 Å². The van der Waals surface area contributed by atoms with Gasteiger partial charge in [0.15, 0.2) is 0 Å². The summed E-state index contributed by atoms with van der Waals surface area (Å²) < 4.78 is 13.5. The number of hydrogen-bond acceptors (Lipinski definition) is 4. The van der Waals surface area contributed by atoms with E-state index in [4.69, 9.17) is 0 Å². The van der Waals surface area contributed by atoms with Gasteiger partial charge in [-0.25, -0.2) is 14.4 Å². The van der Waals surface area contributed by atoms with Crippen LogP contribution in [0.25, 0.3) is 0 Å². The highest BCUT2D eigenvalue weighted by Gasteiger charge is 2.08. The summed E-state index contributed by atoms with van der Waals surface area (Å²) in [4.78, 5) is 20.2. The highest BCUT2D eigenvalue weighted by atomic mass is 19.1. The molecule has 0 aliphatic heterocycles. The molecule has 6 heteroatoms. The van der Waals surface area contributed by atoms with Crippen LogP contribution in [-0.2, 0) is 6.54 Å². The lowest BCUT2D eigenvalue weighted by atomic mass is 10.2. The Morgan fingerprint density at radius 2 is 1.91 bits per heavy atom. The largest absolute Gasteiger partial charge is 0.354 e. The van der Waals surface area contributed by atoms with Crippen molar-refractivity contribution in [2.45, 2.75) is 32.7 Å². The van der Waals surface area contributed by atoms with Crippen molar-refractivity contribution in [1.82, 2.24) is 15.3 Å². The molecule has 1 aromatic heterocycles. The van der Waals surface area contributed by atoms with Crippen molar-refractivity contribution in [3.05, 3.63) is 53.6 Å². The smallest absolute Gasteiger partial charge is 0.254 e. The summed E-state index contributed by atoms with van der Waals surface area (Å²) in [5, 5.41) is 5.76. The number of nitrogens with zero attached hydrogens (tertiary/aromatic N) is 2. The van der Waals surface area contributed by atoms with Crippen molar-refractivity contribution in [2.75, 3.05) is 11.9 Å². The van der Waals surface area contributed by atoms with E-state index >= 15 is 0 Å². The fourth-order valence-corrected chi connectivity index (χ4v) is 2.03. The van der Waals surface area contributed by atoms with E-state index in [-0.39, 0.29) is 18.3 Å².